The second-order valence-electron chi connectivity index (χ2n) is 9.31. The second-order valence-corrected chi connectivity index (χ2v) is 9.31. The van der Waals surface area contributed by atoms with E-state index in [1.165, 1.54) is 4.90 Å². The van der Waals surface area contributed by atoms with Gasteiger partial charge in [0.05, 0.1) is 13.1 Å². The van der Waals surface area contributed by atoms with Crippen molar-refractivity contribution < 1.29 is 22.3 Å². The van der Waals surface area contributed by atoms with Crippen LogP contribution in [0.5, 0.6) is 11.8 Å². The average molecular weight is 503 g/mol. The second kappa shape index (κ2) is 9.53. The molecule has 2 aromatic rings. The Morgan fingerprint density at radius 1 is 1.03 bits per heavy atom. The third kappa shape index (κ3) is 5.51. The molecule has 5 rings (SSSR count). The van der Waals surface area contributed by atoms with E-state index in [0.29, 0.717) is 49.1 Å². The van der Waals surface area contributed by atoms with Crippen molar-refractivity contribution >= 4 is 23.5 Å². The largest absolute Gasteiger partial charge is 0.421 e. The maximum absolute atomic E-state index is 15.2. The minimum atomic E-state index is -4.24. The molecule has 11 heteroatoms. The van der Waals surface area contributed by atoms with Crippen LogP contribution >= 0.6 is 0 Å². The highest BCUT2D eigenvalue weighted by Crippen LogP contribution is 2.34. The highest BCUT2D eigenvalue weighted by Gasteiger charge is 2.32. The number of nitrogens with zero attached hydrogens (tertiary/aromatic N) is 5. The van der Waals surface area contributed by atoms with Gasteiger partial charge in [-0.15, -0.1) is 0 Å². The SMILES string of the molecule is CC1=CC(Nc2cc(N3CCN(CC(F)(F)F)CC3)nc(Oc3ccc4c(c3F)C=C(C)C4)n2)=NC1. The molecule has 0 unspecified atom stereocenters. The third-order valence-corrected chi connectivity index (χ3v) is 6.23. The van der Waals surface area contributed by atoms with Gasteiger partial charge in [-0.05, 0) is 43.5 Å². The summed E-state index contributed by atoms with van der Waals surface area (Å²) in [4.78, 5) is 16.5. The standard InChI is InChI=1S/C25H26F4N6O/c1-15-9-17-3-4-19(23(26)18(17)10-15)36-24-32-21(31-20-11-16(2)13-30-20)12-22(33-24)35-7-5-34(6-8-35)14-25(27,28)29/h3-4,10-12H,5-9,13-14H2,1-2H3,(H,30,31,32,33). The first kappa shape index (κ1) is 24.2. The molecule has 2 aliphatic heterocycles. The fourth-order valence-corrected chi connectivity index (χ4v) is 4.51. The molecule has 36 heavy (non-hydrogen) atoms. The predicted molar refractivity (Wildman–Crippen MR) is 130 cm³/mol. The van der Waals surface area contributed by atoms with Gasteiger partial charge in [0.25, 0.3) is 0 Å². The van der Waals surface area contributed by atoms with Crippen LogP contribution in [0.25, 0.3) is 6.08 Å². The lowest BCUT2D eigenvalue weighted by Gasteiger charge is -2.35. The van der Waals surface area contributed by atoms with Crippen molar-refractivity contribution in [3.63, 3.8) is 0 Å². The van der Waals surface area contributed by atoms with Gasteiger partial charge in [-0.3, -0.25) is 9.89 Å². The molecule has 3 aliphatic rings. The molecule has 0 bridgehead atoms. The van der Waals surface area contributed by atoms with E-state index >= 15 is 4.39 Å². The Hall–Kier alpha value is -3.47. The number of amidine groups is 1. The van der Waals surface area contributed by atoms with Crippen LogP contribution in [0.15, 0.2) is 40.4 Å². The molecule has 1 aliphatic carbocycles. The summed E-state index contributed by atoms with van der Waals surface area (Å²) in [6.45, 7) is 4.73. The van der Waals surface area contributed by atoms with Gasteiger partial charge in [0.15, 0.2) is 11.6 Å². The molecular formula is C25H26F4N6O. The van der Waals surface area contributed by atoms with Crippen LogP contribution in [0.3, 0.4) is 0 Å². The first-order valence-electron chi connectivity index (χ1n) is 11.7. The average Bonchev–Trinajstić information content (AvgIpc) is 3.40. The van der Waals surface area contributed by atoms with Crippen LogP contribution in [0.2, 0.25) is 0 Å². The fraction of sp³-hybridized carbons (Fsp3) is 0.400. The van der Waals surface area contributed by atoms with Crippen molar-refractivity contribution in [1.82, 2.24) is 14.9 Å². The Balaban J connectivity index is 1.40. The summed E-state index contributed by atoms with van der Waals surface area (Å²) in [7, 11) is 0. The number of fused-ring (bicyclic) bond motifs is 1. The first-order valence-corrected chi connectivity index (χ1v) is 11.7. The van der Waals surface area contributed by atoms with Crippen LogP contribution in [0, 0.1) is 5.82 Å². The summed E-state index contributed by atoms with van der Waals surface area (Å²) < 4.78 is 59.3. The summed E-state index contributed by atoms with van der Waals surface area (Å²) in [5.41, 5.74) is 3.55. The molecule has 7 nitrogen and oxygen atoms in total. The smallest absolute Gasteiger partial charge is 0.401 e. The van der Waals surface area contributed by atoms with Crippen LogP contribution in [0.1, 0.15) is 25.0 Å². The quantitative estimate of drug-likeness (QED) is 0.592. The summed E-state index contributed by atoms with van der Waals surface area (Å²) >= 11 is 0. The molecule has 0 amide bonds. The number of aliphatic imine (C=N–C) groups is 1. The molecule has 0 radical (unpaired) electrons. The maximum Gasteiger partial charge on any atom is 0.401 e. The molecule has 1 aromatic carbocycles. The lowest BCUT2D eigenvalue weighted by atomic mass is 10.1. The third-order valence-electron chi connectivity index (χ3n) is 6.23. The topological polar surface area (TPSA) is 65.9 Å². The van der Waals surface area contributed by atoms with Crippen molar-refractivity contribution in [3.8, 4) is 11.8 Å². The van der Waals surface area contributed by atoms with Gasteiger partial charge >= 0.3 is 12.2 Å². The van der Waals surface area contributed by atoms with Crippen molar-refractivity contribution in [2.75, 3.05) is 49.5 Å². The number of alkyl halides is 3. The van der Waals surface area contributed by atoms with Gasteiger partial charge in [0.1, 0.15) is 17.5 Å². The van der Waals surface area contributed by atoms with E-state index in [4.69, 9.17) is 4.74 Å². The maximum atomic E-state index is 15.2. The lowest BCUT2D eigenvalue weighted by Crippen LogP contribution is -2.49. The van der Waals surface area contributed by atoms with Crippen LogP contribution in [-0.4, -0.2) is 66.1 Å². The van der Waals surface area contributed by atoms with E-state index in [-0.39, 0.29) is 24.8 Å². The number of nitrogens with one attached hydrogen (secondary N) is 1. The molecule has 1 saturated heterocycles. The molecule has 190 valence electrons. The molecule has 0 atom stereocenters. The number of piperazine rings is 1. The zero-order valence-electron chi connectivity index (χ0n) is 20.0. The Labute approximate surface area is 206 Å². The van der Waals surface area contributed by atoms with Gasteiger partial charge in [0.2, 0.25) is 0 Å². The predicted octanol–water partition coefficient (Wildman–Crippen LogP) is 4.82. The molecule has 3 heterocycles. The fourth-order valence-electron chi connectivity index (χ4n) is 4.51. The number of anilines is 2. The van der Waals surface area contributed by atoms with Crippen molar-refractivity contribution in [1.29, 1.82) is 0 Å². The van der Waals surface area contributed by atoms with Crippen LogP contribution in [0.4, 0.5) is 29.2 Å². The van der Waals surface area contributed by atoms with E-state index in [2.05, 4.69) is 20.3 Å². The van der Waals surface area contributed by atoms with Gasteiger partial charge in [-0.2, -0.15) is 23.1 Å². The monoisotopic (exact) mass is 502 g/mol. The van der Waals surface area contributed by atoms with E-state index in [9.17, 15) is 13.2 Å². The number of rotatable bonds is 5. The number of hydrogen-bond acceptors (Lipinski definition) is 7. The lowest BCUT2D eigenvalue weighted by molar-refractivity contribution is -0.146. The number of hydrogen-bond donors (Lipinski definition) is 1. The van der Waals surface area contributed by atoms with E-state index in [1.54, 1.807) is 18.2 Å². The van der Waals surface area contributed by atoms with Gasteiger partial charge in [-0.25, -0.2) is 4.39 Å². The summed E-state index contributed by atoms with van der Waals surface area (Å²) in [5.74, 6) is 1.03. The van der Waals surface area contributed by atoms with Crippen molar-refractivity contribution in [3.05, 3.63) is 52.4 Å². The summed E-state index contributed by atoms with van der Waals surface area (Å²) in [5, 5.41) is 3.13. The number of halogens is 4. The van der Waals surface area contributed by atoms with Crippen LogP contribution < -0.4 is 15.0 Å². The Kier molecular flexibility index (Phi) is 6.42. The molecule has 1 aromatic heterocycles. The van der Waals surface area contributed by atoms with E-state index < -0.39 is 18.5 Å². The first-order chi connectivity index (χ1) is 17.1. The number of aromatic nitrogens is 2. The Morgan fingerprint density at radius 3 is 2.50 bits per heavy atom. The zero-order chi connectivity index (χ0) is 25.4. The van der Waals surface area contributed by atoms with Crippen LogP contribution in [-0.2, 0) is 6.42 Å². The van der Waals surface area contributed by atoms with Gasteiger partial charge < -0.3 is 15.0 Å². The minimum Gasteiger partial charge on any atom is -0.421 e. The molecule has 1 fully saturated rings. The number of allylic oxidation sites excluding steroid dienone is 1. The van der Waals surface area contributed by atoms with Gasteiger partial charge in [-0.1, -0.05) is 17.7 Å². The molecule has 1 N–H and O–H groups in total. The normalized spacial score (nSPS) is 18.1. The summed E-state index contributed by atoms with van der Waals surface area (Å²) in [6.07, 6.45) is 0.153. The summed E-state index contributed by atoms with van der Waals surface area (Å²) in [6, 6.07) is 5.02. The zero-order valence-corrected chi connectivity index (χ0v) is 20.0. The minimum absolute atomic E-state index is 0.00624. The Morgan fingerprint density at radius 2 is 1.81 bits per heavy atom. The van der Waals surface area contributed by atoms with Crippen molar-refractivity contribution in [2.45, 2.75) is 26.4 Å². The van der Waals surface area contributed by atoms with E-state index in [1.807, 2.05) is 30.9 Å². The van der Waals surface area contributed by atoms with Gasteiger partial charge in [0, 0.05) is 37.8 Å². The molecular weight excluding hydrogens is 476 g/mol. The Bertz CT molecular complexity index is 1260. The highest BCUT2D eigenvalue weighted by molar-refractivity contribution is 6.05. The molecule has 0 saturated carbocycles. The number of ether oxygens (including phenoxy) is 1. The van der Waals surface area contributed by atoms with Crippen molar-refractivity contribution in [2.24, 2.45) is 4.99 Å². The number of benzene rings is 1. The molecule has 0 spiro atoms. The van der Waals surface area contributed by atoms with E-state index in [0.717, 1.165) is 16.7 Å². The highest BCUT2D eigenvalue weighted by atomic mass is 19.4.